The quantitative estimate of drug-likeness (QED) is 0.455. The lowest BCUT2D eigenvalue weighted by Crippen LogP contribution is -2.29. The lowest BCUT2D eigenvalue weighted by molar-refractivity contribution is 0.579. The van der Waals surface area contributed by atoms with Crippen LogP contribution >= 0.6 is 0 Å². The van der Waals surface area contributed by atoms with Crippen LogP contribution < -0.4 is 4.90 Å². The molecule has 0 saturated carbocycles. The molecule has 1 aliphatic heterocycles. The summed E-state index contributed by atoms with van der Waals surface area (Å²) in [5.74, 6) is 0. The van der Waals surface area contributed by atoms with Crippen molar-refractivity contribution in [3.8, 4) is 11.3 Å². The predicted molar refractivity (Wildman–Crippen MR) is 109 cm³/mol. The largest absolute Gasteiger partial charge is 0.371 e. The van der Waals surface area contributed by atoms with Crippen molar-refractivity contribution in [2.75, 3.05) is 18.0 Å². The van der Waals surface area contributed by atoms with Crippen LogP contribution in [0.1, 0.15) is 19.3 Å². The highest BCUT2D eigenvalue weighted by Crippen LogP contribution is 2.35. The van der Waals surface area contributed by atoms with Gasteiger partial charge < -0.3 is 4.90 Å². The van der Waals surface area contributed by atoms with Crippen molar-refractivity contribution >= 4 is 27.5 Å². The number of pyridine rings is 2. The molecule has 0 unspecified atom stereocenters. The Kier molecular flexibility index (Phi) is 3.78. The molecule has 0 aliphatic carbocycles. The van der Waals surface area contributed by atoms with E-state index in [0.29, 0.717) is 0 Å². The summed E-state index contributed by atoms with van der Waals surface area (Å²) >= 11 is 0. The summed E-state index contributed by atoms with van der Waals surface area (Å²) < 4.78 is 0. The highest BCUT2D eigenvalue weighted by atomic mass is 15.1. The molecular formula is C23H21N3. The summed E-state index contributed by atoms with van der Waals surface area (Å²) in [6.45, 7) is 2.24. The molecule has 5 rings (SSSR count). The third-order valence-electron chi connectivity index (χ3n) is 5.27. The van der Waals surface area contributed by atoms with Crippen molar-refractivity contribution in [3.63, 3.8) is 0 Å². The number of hydrogen-bond acceptors (Lipinski definition) is 3. The van der Waals surface area contributed by atoms with E-state index in [1.807, 2.05) is 18.3 Å². The molecule has 0 amide bonds. The molecule has 3 heteroatoms. The standard InChI is InChI=1S/C23H21N3/c1-6-12-26(13-7-1)23-16-18(20-9-4-5-11-24-20)15-22-19(23)14-17-8-2-3-10-21(17)25-22/h2-5,8-11,14-16H,1,6-7,12-13H2. The molecule has 4 aromatic rings. The molecule has 2 aromatic heterocycles. The van der Waals surface area contributed by atoms with E-state index in [1.54, 1.807) is 0 Å². The lowest BCUT2D eigenvalue weighted by atomic mass is 10.0. The molecule has 1 aliphatic rings. The molecule has 0 radical (unpaired) electrons. The molecule has 1 fully saturated rings. The van der Waals surface area contributed by atoms with Crippen molar-refractivity contribution in [2.24, 2.45) is 0 Å². The molecule has 0 bridgehead atoms. The van der Waals surface area contributed by atoms with Gasteiger partial charge in [0.15, 0.2) is 0 Å². The maximum absolute atomic E-state index is 4.96. The van der Waals surface area contributed by atoms with E-state index in [-0.39, 0.29) is 0 Å². The Morgan fingerprint density at radius 3 is 2.46 bits per heavy atom. The fraction of sp³-hybridized carbons (Fsp3) is 0.217. The Morgan fingerprint density at radius 2 is 1.62 bits per heavy atom. The van der Waals surface area contributed by atoms with Crippen LogP contribution in [0.25, 0.3) is 33.1 Å². The van der Waals surface area contributed by atoms with Gasteiger partial charge in [-0.3, -0.25) is 4.98 Å². The average molecular weight is 339 g/mol. The number of piperidine rings is 1. The Hall–Kier alpha value is -2.94. The number of benzene rings is 2. The van der Waals surface area contributed by atoms with Gasteiger partial charge in [0.1, 0.15) is 0 Å². The van der Waals surface area contributed by atoms with Gasteiger partial charge in [-0.15, -0.1) is 0 Å². The van der Waals surface area contributed by atoms with Crippen molar-refractivity contribution in [3.05, 3.63) is 66.9 Å². The maximum atomic E-state index is 4.96. The highest BCUT2D eigenvalue weighted by Gasteiger charge is 2.16. The first kappa shape index (κ1) is 15.3. The second kappa shape index (κ2) is 6.41. The van der Waals surface area contributed by atoms with Gasteiger partial charge in [0.25, 0.3) is 0 Å². The maximum Gasteiger partial charge on any atom is 0.0737 e. The number of fused-ring (bicyclic) bond motifs is 2. The summed E-state index contributed by atoms with van der Waals surface area (Å²) in [6, 6.07) is 21.2. The van der Waals surface area contributed by atoms with Gasteiger partial charge in [-0.05, 0) is 55.7 Å². The number of anilines is 1. The van der Waals surface area contributed by atoms with Gasteiger partial charge in [-0.25, -0.2) is 4.98 Å². The zero-order valence-corrected chi connectivity index (χ0v) is 14.7. The van der Waals surface area contributed by atoms with Crippen molar-refractivity contribution < 1.29 is 0 Å². The number of nitrogens with zero attached hydrogens (tertiary/aromatic N) is 3. The molecule has 26 heavy (non-hydrogen) atoms. The molecule has 0 N–H and O–H groups in total. The SMILES string of the molecule is c1ccc(-c2cc(N3CCCCC3)c3cc4ccccc4nc3c2)nc1. The van der Waals surface area contributed by atoms with E-state index in [0.717, 1.165) is 35.4 Å². The number of para-hydroxylation sites is 1. The van der Waals surface area contributed by atoms with E-state index in [2.05, 4.69) is 58.4 Å². The van der Waals surface area contributed by atoms with Gasteiger partial charge >= 0.3 is 0 Å². The fourth-order valence-corrected chi connectivity index (χ4v) is 3.94. The van der Waals surface area contributed by atoms with E-state index in [9.17, 15) is 0 Å². The molecule has 0 spiro atoms. The Balaban J connectivity index is 1.78. The first-order valence-corrected chi connectivity index (χ1v) is 9.38. The van der Waals surface area contributed by atoms with Crippen LogP contribution in [-0.2, 0) is 0 Å². The smallest absolute Gasteiger partial charge is 0.0737 e. The highest BCUT2D eigenvalue weighted by molar-refractivity contribution is 6.01. The van der Waals surface area contributed by atoms with Gasteiger partial charge in [-0.1, -0.05) is 24.3 Å². The average Bonchev–Trinajstić information content (AvgIpc) is 2.73. The van der Waals surface area contributed by atoms with E-state index in [1.165, 1.54) is 35.7 Å². The topological polar surface area (TPSA) is 29.0 Å². The van der Waals surface area contributed by atoms with E-state index >= 15 is 0 Å². The molecule has 3 nitrogen and oxygen atoms in total. The second-order valence-electron chi connectivity index (χ2n) is 7.01. The van der Waals surface area contributed by atoms with Crippen molar-refractivity contribution in [2.45, 2.75) is 19.3 Å². The third kappa shape index (κ3) is 2.70. The molecule has 0 atom stereocenters. The van der Waals surface area contributed by atoms with Crippen LogP contribution in [0, 0.1) is 0 Å². The third-order valence-corrected chi connectivity index (χ3v) is 5.27. The number of aromatic nitrogens is 2. The second-order valence-corrected chi connectivity index (χ2v) is 7.01. The lowest BCUT2D eigenvalue weighted by Gasteiger charge is -2.30. The summed E-state index contributed by atoms with van der Waals surface area (Å²) in [4.78, 5) is 12.0. The Morgan fingerprint density at radius 1 is 0.769 bits per heavy atom. The molecule has 2 aromatic carbocycles. The van der Waals surface area contributed by atoms with Crippen molar-refractivity contribution in [1.82, 2.24) is 9.97 Å². The first-order valence-electron chi connectivity index (χ1n) is 9.38. The Labute approximate surface area is 153 Å². The predicted octanol–water partition coefficient (Wildman–Crippen LogP) is 5.44. The molecular weight excluding hydrogens is 318 g/mol. The Bertz CT molecular complexity index is 1070. The van der Waals surface area contributed by atoms with Gasteiger partial charge in [0.2, 0.25) is 0 Å². The zero-order valence-electron chi connectivity index (χ0n) is 14.7. The van der Waals surface area contributed by atoms with Crippen molar-refractivity contribution in [1.29, 1.82) is 0 Å². The minimum atomic E-state index is 1.00. The van der Waals surface area contributed by atoms with Gasteiger partial charge in [0.05, 0.1) is 16.7 Å². The van der Waals surface area contributed by atoms with Gasteiger partial charge in [0, 0.05) is 41.3 Å². The fourth-order valence-electron chi connectivity index (χ4n) is 3.94. The number of rotatable bonds is 2. The van der Waals surface area contributed by atoms with Crippen LogP contribution in [0.3, 0.4) is 0 Å². The number of hydrogen-bond donors (Lipinski definition) is 0. The van der Waals surface area contributed by atoms with Crippen LogP contribution in [0.2, 0.25) is 0 Å². The molecule has 1 saturated heterocycles. The molecule has 3 heterocycles. The summed E-state index contributed by atoms with van der Waals surface area (Å²) in [5, 5.41) is 2.44. The summed E-state index contributed by atoms with van der Waals surface area (Å²) in [6.07, 6.45) is 5.70. The summed E-state index contributed by atoms with van der Waals surface area (Å²) in [7, 11) is 0. The minimum Gasteiger partial charge on any atom is -0.371 e. The van der Waals surface area contributed by atoms with Crippen LogP contribution in [0.5, 0.6) is 0 Å². The monoisotopic (exact) mass is 339 g/mol. The van der Waals surface area contributed by atoms with Crippen LogP contribution in [-0.4, -0.2) is 23.1 Å². The van der Waals surface area contributed by atoms with Crippen LogP contribution in [0.15, 0.2) is 66.9 Å². The zero-order chi connectivity index (χ0) is 17.3. The normalized spacial score (nSPS) is 14.8. The van der Waals surface area contributed by atoms with E-state index in [4.69, 9.17) is 4.98 Å². The molecule has 128 valence electrons. The van der Waals surface area contributed by atoms with E-state index < -0.39 is 0 Å². The minimum absolute atomic E-state index is 1.00. The van der Waals surface area contributed by atoms with Crippen LogP contribution in [0.4, 0.5) is 5.69 Å². The summed E-state index contributed by atoms with van der Waals surface area (Å²) in [5.41, 5.74) is 5.53. The first-order chi connectivity index (χ1) is 12.9. The van der Waals surface area contributed by atoms with Gasteiger partial charge in [-0.2, -0.15) is 0 Å².